The summed E-state index contributed by atoms with van der Waals surface area (Å²) in [6.45, 7) is 17.4. The van der Waals surface area contributed by atoms with Crippen molar-refractivity contribution in [2.24, 2.45) is 92.7 Å². The van der Waals surface area contributed by atoms with Crippen molar-refractivity contribution in [2.45, 2.75) is 222 Å². The fourth-order valence-electron chi connectivity index (χ4n) is 21.9. The molecule has 0 aliphatic heterocycles. The van der Waals surface area contributed by atoms with Gasteiger partial charge in [-0.1, -0.05) is 128 Å². The molecule has 8 aliphatic carbocycles. The molecule has 24 nitrogen and oxygen atoms in total. The summed E-state index contributed by atoms with van der Waals surface area (Å²) in [4.78, 5) is 87.8. The Labute approximate surface area is 676 Å². The van der Waals surface area contributed by atoms with E-state index in [0.29, 0.717) is 76.6 Å². The molecule has 12 N–H and O–H groups in total. The largest absolute Gasteiger partial charge is 0.507 e. The summed E-state index contributed by atoms with van der Waals surface area (Å²) >= 11 is 0. The first-order valence-electron chi connectivity index (χ1n) is 40.3. The fourth-order valence-corrected chi connectivity index (χ4v) is 22.3. The summed E-state index contributed by atoms with van der Waals surface area (Å²) in [5, 5.41) is 96.8. The standard InChI is InChI=1S/C26H45NO6S.C24H40O3.C14H10O5.C9H8O4.C8H8O3.C8H8O2.CH4/c1-16(4-7-23(30)27-12-13-34(31,32)33)19-5-6-20-24-21(9-11-26(19,20)3)25(2)10-8-18(28)14-17(25)15-22(24)29;1-15(4-9-22(26)27)19-7-8-20-18-6-5-16-14-17(25)10-12-23(16,2)21(18)11-13-24(19,20)3;15-11-7-3-1-5-9(11)14(18)19-12-8-4-2-6-10(12)13(16)17;1-6(10)13-8-5-3-2-4-7(8)9(11)12;1-5-3-2-4-6(7(5)9)8(10)11;9-8(10)6-7-4-2-1-3-5-7;/h16-22,24,28-29H,4-15H2,1-3H3,(H,27,30)(H,31,32,33);15-21,25H,4-14H2,1-3H3,(H,26,27);1-8,15H,(H,16,17);2-5H,1H3,(H,11,12);2-4,9H,1H3,(H,10,11);1-5H,6H2,(H,9,10);1H4/t16-,17+,18-,19-,20+,21+,22-,24+,25+,26-;15-,16-,17-,18+,19-,20+,21+,23+,24-;;;;;/m11...../s1. The van der Waals surface area contributed by atoms with E-state index in [2.05, 4.69) is 51.6 Å². The highest BCUT2D eigenvalue weighted by Gasteiger charge is 2.64. The Kier molecular flexibility index (Phi) is 33.2. The van der Waals surface area contributed by atoms with E-state index in [-0.39, 0.29) is 101 Å². The lowest BCUT2D eigenvalue weighted by molar-refractivity contribution is -0.174. The number of carboxylic acids is 5. The number of aliphatic carboxylic acids is 2. The topological polar surface area (TPSA) is 424 Å². The number of phenolic OH excluding ortho intramolecular Hbond substituents is 1. The second kappa shape index (κ2) is 40.9. The van der Waals surface area contributed by atoms with Gasteiger partial charge in [0.15, 0.2) is 0 Å². The summed E-state index contributed by atoms with van der Waals surface area (Å²) in [6, 6.07) is 31.4. The fraction of sp³-hybridized carbons (Fsp3) is 0.578. The molecule has 0 saturated heterocycles. The lowest BCUT2D eigenvalue weighted by atomic mass is 9.43. The third-order valence-electron chi connectivity index (χ3n) is 27.6. The van der Waals surface area contributed by atoms with Gasteiger partial charge in [-0.05, 0) is 275 Å². The Hall–Kier alpha value is -8.75. The molecule has 1 amide bonds. The van der Waals surface area contributed by atoms with Gasteiger partial charge in [0.2, 0.25) is 5.91 Å². The zero-order valence-corrected chi connectivity index (χ0v) is 67.7. The minimum atomic E-state index is -4.06. The number of rotatable bonds is 19. The molecule has 115 heavy (non-hydrogen) atoms. The number of aryl methyl sites for hydroxylation is 1. The first kappa shape index (κ1) is 93.4. The maximum atomic E-state index is 12.2. The number of carboxylic acid groups (broad SMARTS) is 5. The van der Waals surface area contributed by atoms with Gasteiger partial charge in [-0.15, -0.1) is 0 Å². The highest BCUT2D eigenvalue weighted by Crippen LogP contribution is 2.70. The smallest absolute Gasteiger partial charge is 0.347 e. The number of para-hydroxylation sites is 4. The van der Waals surface area contributed by atoms with Crippen LogP contribution >= 0.6 is 0 Å². The van der Waals surface area contributed by atoms with Crippen LogP contribution in [-0.4, -0.2) is 142 Å². The summed E-state index contributed by atoms with van der Waals surface area (Å²) < 4.78 is 40.2. The number of fused-ring (bicyclic) bond motifs is 10. The Morgan fingerprint density at radius 3 is 1.50 bits per heavy atom. The summed E-state index contributed by atoms with van der Waals surface area (Å²) in [6.07, 6.45) is 21.4. The van der Waals surface area contributed by atoms with Gasteiger partial charge >= 0.3 is 41.8 Å². The molecule has 25 heteroatoms. The second-order valence-electron chi connectivity index (χ2n) is 34.3. The van der Waals surface area contributed by atoms with Crippen LogP contribution in [0.25, 0.3) is 0 Å². The summed E-state index contributed by atoms with van der Waals surface area (Å²) in [5.41, 5.74) is 2.50. The highest BCUT2D eigenvalue weighted by molar-refractivity contribution is 7.85. The van der Waals surface area contributed by atoms with Crippen molar-refractivity contribution in [3.05, 3.63) is 155 Å². The first-order chi connectivity index (χ1) is 53.7. The molecular formula is C90H123NO23S. The van der Waals surface area contributed by atoms with E-state index in [1.165, 1.54) is 107 Å². The first-order valence-corrected chi connectivity index (χ1v) is 41.9. The minimum Gasteiger partial charge on any atom is -0.507 e. The number of nitrogens with one attached hydrogen (secondary N) is 1. The van der Waals surface area contributed by atoms with Crippen LogP contribution in [0, 0.1) is 99.6 Å². The molecule has 5 aromatic rings. The normalized spacial score (nSPS) is 29.5. The van der Waals surface area contributed by atoms with Crippen LogP contribution in [0.1, 0.15) is 243 Å². The van der Waals surface area contributed by atoms with Gasteiger partial charge in [0.1, 0.15) is 45.3 Å². The van der Waals surface area contributed by atoms with E-state index in [9.17, 15) is 72.3 Å². The number of hydrogen-bond acceptors (Lipinski definition) is 17. The molecule has 8 fully saturated rings. The average molecular weight is 1620 g/mol. The van der Waals surface area contributed by atoms with Crippen molar-refractivity contribution in [3.8, 4) is 23.0 Å². The Morgan fingerprint density at radius 2 is 0.965 bits per heavy atom. The number of amides is 1. The molecule has 5 aromatic carbocycles. The number of phenols is 2. The monoisotopic (exact) mass is 1620 g/mol. The Balaban J connectivity index is 0.000000202. The van der Waals surface area contributed by atoms with Crippen molar-refractivity contribution in [2.75, 3.05) is 12.3 Å². The van der Waals surface area contributed by atoms with Gasteiger partial charge in [-0.25, -0.2) is 19.2 Å². The van der Waals surface area contributed by atoms with E-state index < -0.39 is 57.7 Å². The minimum absolute atomic E-state index is 0. The van der Waals surface area contributed by atoms with Gasteiger partial charge in [-0.3, -0.25) is 23.7 Å². The summed E-state index contributed by atoms with van der Waals surface area (Å²) in [7, 11) is -4.06. The van der Waals surface area contributed by atoms with Crippen LogP contribution in [0.3, 0.4) is 0 Å². The van der Waals surface area contributed by atoms with Gasteiger partial charge < -0.3 is 65.9 Å². The molecule has 632 valence electrons. The number of carbonyl (C=O) groups is 8. The van der Waals surface area contributed by atoms with Crippen molar-refractivity contribution in [1.82, 2.24) is 5.32 Å². The number of hydrogen-bond donors (Lipinski definition) is 12. The lowest BCUT2D eigenvalue weighted by Crippen LogP contribution is -2.58. The number of esters is 2. The van der Waals surface area contributed by atoms with Crippen LogP contribution < -0.4 is 14.8 Å². The highest BCUT2D eigenvalue weighted by atomic mass is 32.2. The molecule has 0 aromatic heterocycles. The van der Waals surface area contributed by atoms with E-state index in [1.54, 1.807) is 61.5 Å². The maximum absolute atomic E-state index is 12.2. The molecular weight excluding hydrogens is 1500 g/mol. The second-order valence-corrected chi connectivity index (χ2v) is 35.8. The third kappa shape index (κ3) is 23.6. The van der Waals surface area contributed by atoms with Gasteiger partial charge in [0, 0.05) is 26.3 Å². The van der Waals surface area contributed by atoms with Crippen LogP contribution in [0.4, 0.5) is 0 Å². The zero-order chi connectivity index (χ0) is 83.8. The SMILES string of the molecule is C.CC(=O)Oc1ccccc1C(=O)O.C[C@H](CCC(=O)NCCS(=O)(=O)O)[C@H]1CC[C@H]2[C@@H]3[C@H](O)C[C@@H]4C[C@H](O)CC[C@]4(C)[C@H]3CC[C@]12C.C[C@H](CCC(=O)O)[C@H]1CC[C@H]2[C@@H]3CC[C@@H]4C[C@H](O)CC[C@]4(C)[C@H]3CC[C@]12C.Cc1cccc(C(=O)O)c1O.O=C(O)Cc1ccccc1.O=C(Oc1ccccc1C(=O)O)c1ccccc1O. The lowest BCUT2D eigenvalue weighted by Gasteiger charge is -2.62. The number of benzene rings is 5. The van der Waals surface area contributed by atoms with E-state index in [0.717, 1.165) is 99.9 Å². The van der Waals surface area contributed by atoms with Crippen LogP contribution in [0.5, 0.6) is 23.0 Å². The molecule has 8 saturated carbocycles. The molecule has 0 spiro atoms. The van der Waals surface area contributed by atoms with E-state index in [1.807, 2.05) is 18.2 Å². The number of ether oxygens (including phenoxy) is 2. The molecule has 19 atom stereocenters. The zero-order valence-electron chi connectivity index (χ0n) is 66.9. The maximum Gasteiger partial charge on any atom is 0.347 e. The van der Waals surface area contributed by atoms with Crippen molar-refractivity contribution in [3.63, 3.8) is 0 Å². The van der Waals surface area contributed by atoms with Gasteiger partial charge in [0.05, 0.1) is 30.5 Å². The molecule has 0 bridgehead atoms. The van der Waals surface area contributed by atoms with Gasteiger partial charge in [0.25, 0.3) is 10.1 Å². The molecule has 0 heterocycles. The molecule has 0 radical (unpaired) electrons. The number of carbonyl (C=O) groups excluding carboxylic acids is 3. The number of aromatic carboxylic acids is 3. The summed E-state index contributed by atoms with van der Waals surface area (Å²) in [5.74, 6) is 0.0925. The molecule has 13 rings (SSSR count). The average Bonchev–Trinajstić information content (AvgIpc) is 1.66. The predicted molar refractivity (Wildman–Crippen MR) is 433 cm³/mol. The predicted octanol–water partition coefficient (Wildman–Crippen LogP) is 15.9. The van der Waals surface area contributed by atoms with Crippen LogP contribution in [-0.2, 0) is 35.7 Å². The third-order valence-corrected chi connectivity index (χ3v) is 28.3. The quantitative estimate of drug-likeness (QED) is 0.0207. The van der Waals surface area contributed by atoms with Crippen molar-refractivity contribution in [1.29, 1.82) is 0 Å². The van der Waals surface area contributed by atoms with Gasteiger partial charge in [-0.2, -0.15) is 8.42 Å². The van der Waals surface area contributed by atoms with Crippen LogP contribution in [0.2, 0.25) is 0 Å². The molecule has 0 unspecified atom stereocenters. The Morgan fingerprint density at radius 1 is 0.504 bits per heavy atom. The Bertz CT molecular complexity index is 4260. The van der Waals surface area contributed by atoms with Crippen LogP contribution in [0.15, 0.2) is 121 Å². The number of aromatic hydroxyl groups is 2. The molecule has 8 aliphatic rings. The van der Waals surface area contributed by atoms with Crippen molar-refractivity contribution >= 4 is 57.8 Å². The van der Waals surface area contributed by atoms with E-state index in [4.69, 9.17) is 34.8 Å². The van der Waals surface area contributed by atoms with E-state index >= 15 is 0 Å². The number of aliphatic hydroxyl groups excluding tert-OH is 3. The number of aliphatic hydroxyl groups is 3. The van der Waals surface area contributed by atoms with Crippen molar-refractivity contribution < 1.29 is 112 Å².